The van der Waals surface area contributed by atoms with Gasteiger partial charge in [-0.1, -0.05) is 24.3 Å². The molecule has 3 aliphatic rings. The first-order chi connectivity index (χ1) is 15.4. The first-order valence-corrected chi connectivity index (χ1v) is 12.2. The van der Waals surface area contributed by atoms with Crippen molar-refractivity contribution < 1.29 is 15.8 Å². The van der Waals surface area contributed by atoms with Crippen LogP contribution >= 0.6 is 0 Å². The lowest BCUT2D eigenvalue weighted by Gasteiger charge is -2.50. The van der Waals surface area contributed by atoms with E-state index in [1.165, 1.54) is 11.1 Å². The largest absolute Gasteiger partial charge is 0.450 e. The monoisotopic (exact) mass is 444 g/mol. The first kappa shape index (κ1) is 22.9. The van der Waals surface area contributed by atoms with Crippen LogP contribution in [0.3, 0.4) is 0 Å². The molecule has 0 aliphatic carbocycles. The molecule has 2 saturated heterocycles. The van der Waals surface area contributed by atoms with Gasteiger partial charge in [0.1, 0.15) is 0 Å². The summed E-state index contributed by atoms with van der Waals surface area (Å²) in [6.07, 6.45) is 3.96. The van der Waals surface area contributed by atoms with Crippen molar-refractivity contribution in [2.45, 2.75) is 70.5 Å². The Bertz CT molecular complexity index is 818. The molecular weight excluding hydrogens is 404 g/mol. The van der Waals surface area contributed by atoms with E-state index in [1.54, 1.807) is 0 Å². The molecule has 0 aromatic heterocycles. The number of carbonyl (C=O) groups is 2. The Morgan fingerprint density at radius 3 is 2.47 bits per heavy atom. The van der Waals surface area contributed by atoms with Gasteiger partial charge in [0.25, 0.3) is 0 Å². The summed E-state index contributed by atoms with van der Waals surface area (Å²) in [6, 6.07) is 9.40. The highest BCUT2D eigenvalue weighted by Gasteiger charge is 2.44. The molecule has 3 heterocycles. The highest BCUT2D eigenvalue weighted by Crippen LogP contribution is 2.42. The van der Waals surface area contributed by atoms with E-state index in [-0.39, 0.29) is 25.0 Å². The third-order valence-electron chi connectivity index (χ3n) is 7.40. The highest BCUT2D eigenvalue weighted by molar-refractivity contribution is 5.75. The molecular formula is C25H40N4O3. The molecule has 0 saturated carbocycles. The number of likely N-dealkylation sites (tertiary alicyclic amines) is 2. The predicted octanol–water partition coefficient (Wildman–Crippen LogP) is 3.82. The molecule has 32 heavy (non-hydrogen) atoms. The number of carbonyl (C=O) groups excluding carboxylic acids is 2. The van der Waals surface area contributed by atoms with Crippen LogP contribution in [0.4, 0.5) is 9.59 Å². The first-order valence-electron chi connectivity index (χ1n) is 12.2. The summed E-state index contributed by atoms with van der Waals surface area (Å²) in [5.74, 6) is 0. The van der Waals surface area contributed by atoms with Gasteiger partial charge in [-0.05, 0) is 70.7 Å². The maximum Gasteiger partial charge on any atom is 0.409 e. The van der Waals surface area contributed by atoms with Crippen LogP contribution in [0.15, 0.2) is 24.3 Å². The third kappa shape index (κ3) is 4.72. The molecule has 3 amide bonds. The molecule has 178 valence electrons. The summed E-state index contributed by atoms with van der Waals surface area (Å²) in [6.45, 7) is 11.4. The Balaban J connectivity index is 0.00000306. The summed E-state index contributed by atoms with van der Waals surface area (Å²) in [4.78, 5) is 31.3. The van der Waals surface area contributed by atoms with E-state index >= 15 is 0 Å². The molecule has 1 N–H and O–H groups in total. The zero-order chi connectivity index (χ0) is 22.7. The number of ether oxygens (including phenoxy) is 1. The molecule has 3 aliphatic heterocycles. The van der Waals surface area contributed by atoms with Gasteiger partial charge in [-0.25, -0.2) is 9.59 Å². The van der Waals surface area contributed by atoms with Crippen molar-refractivity contribution in [1.29, 1.82) is 0 Å². The zero-order valence-corrected chi connectivity index (χ0v) is 19.8. The van der Waals surface area contributed by atoms with Gasteiger partial charge in [0.15, 0.2) is 0 Å². The molecule has 2 fully saturated rings. The SMILES string of the molecule is CCOC(=O)N1CCC(N2CCC3(CC2)CN(C(=O)NC(C)C)Cc2ccccc23)CC1.[HH]. The van der Waals surface area contributed by atoms with E-state index in [2.05, 4.69) is 34.5 Å². The standard InChI is InChI=1S/C25H38N4O3.H2/c1-4-32-24(31)28-13-9-21(10-14-28)27-15-11-25(12-16-27)18-29(23(30)26-19(2)3)17-20-7-5-6-8-22(20)25;/h5-8,19,21H,4,9-18H2,1-3H3,(H,26,30);1H. The van der Waals surface area contributed by atoms with Crippen LogP contribution in [0, 0.1) is 0 Å². The summed E-state index contributed by atoms with van der Waals surface area (Å²) in [5.41, 5.74) is 2.75. The van der Waals surface area contributed by atoms with Crippen LogP contribution in [0.25, 0.3) is 0 Å². The predicted molar refractivity (Wildman–Crippen MR) is 127 cm³/mol. The van der Waals surface area contributed by atoms with Gasteiger partial charge in [0.05, 0.1) is 6.61 Å². The molecule has 1 spiro atoms. The summed E-state index contributed by atoms with van der Waals surface area (Å²) >= 11 is 0. The van der Waals surface area contributed by atoms with Crippen LogP contribution in [0.5, 0.6) is 0 Å². The number of piperidine rings is 2. The second-order valence-electron chi connectivity index (χ2n) is 9.85. The molecule has 0 bridgehead atoms. The number of rotatable bonds is 3. The van der Waals surface area contributed by atoms with Gasteiger partial charge in [-0.2, -0.15) is 0 Å². The fraction of sp³-hybridized carbons (Fsp3) is 0.680. The van der Waals surface area contributed by atoms with Gasteiger partial charge in [0, 0.05) is 45.1 Å². The summed E-state index contributed by atoms with van der Waals surface area (Å²) in [5, 5.41) is 3.08. The van der Waals surface area contributed by atoms with Crippen molar-refractivity contribution in [3.8, 4) is 0 Å². The maximum absolute atomic E-state index is 12.9. The quantitative estimate of drug-likeness (QED) is 0.770. The summed E-state index contributed by atoms with van der Waals surface area (Å²) < 4.78 is 5.16. The van der Waals surface area contributed by atoms with Crippen LogP contribution in [0.2, 0.25) is 0 Å². The lowest BCUT2D eigenvalue weighted by molar-refractivity contribution is 0.0469. The van der Waals surface area contributed by atoms with E-state index in [1.807, 2.05) is 30.6 Å². The number of benzene rings is 1. The van der Waals surface area contributed by atoms with Crippen LogP contribution in [-0.4, -0.2) is 78.2 Å². The number of urea groups is 1. The fourth-order valence-electron chi connectivity index (χ4n) is 5.74. The van der Waals surface area contributed by atoms with E-state index in [0.29, 0.717) is 19.2 Å². The van der Waals surface area contributed by atoms with E-state index in [9.17, 15) is 9.59 Å². The topological polar surface area (TPSA) is 65.1 Å². The number of nitrogens with zero attached hydrogens (tertiary/aromatic N) is 3. The Morgan fingerprint density at radius 2 is 1.81 bits per heavy atom. The second-order valence-corrected chi connectivity index (χ2v) is 9.85. The maximum atomic E-state index is 12.9. The molecule has 1 aromatic rings. The van der Waals surface area contributed by atoms with Gasteiger partial charge >= 0.3 is 12.1 Å². The van der Waals surface area contributed by atoms with Crippen molar-refractivity contribution in [2.75, 3.05) is 39.3 Å². The minimum atomic E-state index is -0.179. The smallest absolute Gasteiger partial charge is 0.409 e. The third-order valence-corrected chi connectivity index (χ3v) is 7.40. The van der Waals surface area contributed by atoms with Crippen LogP contribution in [-0.2, 0) is 16.7 Å². The molecule has 0 atom stereocenters. The average Bonchev–Trinajstić information content (AvgIpc) is 2.79. The minimum absolute atomic E-state index is 0. The van der Waals surface area contributed by atoms with E-state index in [4.69, 9.17) is 4.74 Å². The minimum Gasteiger partial charge on any atom is -0.450 e. The normalized spacial score (nSPS) is 21.5. The Hall–Kier alpha value is -2.28. The molecule has 4 rings (SSSR count). The molecule has 7 nitrogen and oxygen atoms in total. The summed E-state index contributed by atoms with van der Waals surface area (Å²) in [7, 11) is 0. The van der Waals surface area contributed by atoms with Gasteiger partial charge < -0.3 is 24.8 Å². The molecule has 0 unspecified atom stereocenters. The van der Waals surface area contributed by atoms with Crippen LogP contribution in [0.1, 0.15) is 59.0 Å². The van der Waals surface area contributed by atoms with Crippen molar-refractivity contribution in [2.24, 2.45) is 0 Å². The Kier molecular flexibility index (Phi) is 6.93. The number of fused-ring (bicyclic) bond motifs is 2. The lowest BCUT2D eigenvalue weighted by Crippen LogP contribution is -2.57. The van der Waals surface area contributed by atoms with Crippen molar-refractivity contribution in [3.63, 3.8) is 0 Å². The average molecular weight is 445 g/mol. The van der Waals surface area contributed by atoms with Crippen LogP contribution < -0.4 is 5.32 Å². The number of nitrogens with one attached hydrogen (secondary N) is 1. The molecule has 1 aromatic carbocycles. The van der Waals surface area contributed by atoms with E-state index in [0.717, 1.165) is 58.4 Å². The van der Waals surface area contributed by atoms with Gasteiger partial charge in [0.2, 0.25) is 0 Å². The second kappa shape index (κ2) is 9.69. The molecule has 7 heteroatoms. The number of amides is 3. The van der Waals surface area contributed by atoms with Crippen molar-refractivity contribution >= 4 is 12.1 Å². The van der Waals surface area contributed by atoms with Gasteiger partial charge in [-0.15, -0.1) is 0 Å². The highest BCUT2D eigenvalue weighted by atomic mass is 16.6. The lowest BCUT2D eigenvalue weighted by atomic mass is 9.68. The van der Waals surface area contributed by atoms with E-state index < -0.39 is 0 Å². The van der Waals surface area contributed by atoms with Crippen molar-refractivity contribution in [1.82, 2.24) is 20.0 Å². The number of hydrogen-bond acceptors (Lipinski definition) is 4. The Labute approximate surface area is 193 Å². The Morgan fingerprint density at radius 1 is 1.12 bits per heavy atom. The molecule has 0 radical (unpaired) electrons. The number of hydrogen-bond donors (Lipinski definition) is 1. The fourth-order valence-corrected chi connectivity index (χ4v) is 5.74. The zero-order valence-electron chi connectivity index (χ0n) is 19.8. The van der Waals surface area contributed by atoms with Gasteiger partial charge in [-0.3, -0.25) is 0 Å². The van der Waals surface area contributed by atoms with Crippen molar-refractivity contribution in [3.05, 3.63) is 35.4 Å².